The summed E-state index contributed by atoms with van der Waals surface area (Å²) in [7, 11) is 1.31. The Kier molecular flexibility index (Phi) is 4.09. The van der Waals surface area contributed by atoms with E-state index in [0.717, 1.165) is 19.3 Å². The molecule has 0 aromatic carbocycles. The average molecular weight is 251 g/mol. The first-order chi connectivity index (χ1) is 8.74. The summed E-state index contributed by atoms with van der Waals surface area (Å²) in [6.45, 7) is 0.186. The number of hydrogen-bond donors (Lipinski definition) is 2. The SMILES string of the molecule is COC(=O)c1ccc(NC2CCCC2CO)nn1. The Hall–Kier alpha value is -1.69. The Balaban J connectivity index is 2.00. The largest absolute Gasteiger partial charge is 0.464 e. The van der Waals surface area contributed by atoms with Gasteiger partial charge in [-0.25, -0.2) is 4.79 Å². The highest BCUT2D eigenvalue weighted by molar-refractivity contribution is 5.86. The molecule has 1 fully saturated rings. The summed E-state index contributed by atoms with van der Waals surface area (Å²) in [5.74, 6) is 0.392. The van der Waals surface area contributed by atoms with E-state index in [-0.39, 0.29) is 24.3 Å². The Morgan fingerprint density at radius 2 is 2.33 bits per heavy atom. The molecule has 2 N–H and O–H groups in total. The predicted molar refractivity (Wildman–Crippen MR) is 65.2 cm³/mol. The van der Waals surface area contributed by atoms with Crippen molar-refractivity contribution >= 4 is 11.8 Å². The van der Waals surface area contributed by atoms with Crippen molar-refractivity contribution in [2.24, 2.45) is 5.92 Å². The van der Waals surface area contributed by atoms with E-state index in [1.165, 1.54) is 7.11 Å². The van der Waals surface area contributed by atoms with Gasteiger partial charge in [0.25, 0.3) is 0 Å². The van der Waals surface area contributed by atoms with Gasteiger partial charge >= 0.3 is 5.97 Å². The van der Waals surface area contributed by atoms with Gasteiger partial charge in [-0.3, -0.25) is 0 Å². The van der Waals surface area contributed by atoms with E-state index in [0.29, 0.717) is 5.82 Å². The molecule has 1 aliphatic rings. The molecule has 2 atom stereocenters. The predicted octanol–water partition coefficient (Wildman–Crippen LogP) is 0.836. The molecule has 1 aromatic heterocycles. The zero-order chi connectivity index (χ0) is 13.0. The third-order valence-corrected chi connectivity index (χ3v) is 3.29. The van der Waals surface area contributed by atoms with Crippen molar-refractivity contribution in [3.8, 4) is 0 Å². The minimum absolute atomic E-state index is 0.186. The number of aromatic nitrogens is 2. The van der Waals surface area contributed by atoms with Crippen molar-refractivity contribution in [3.05, 3.63) is 17.8 Å². The first-order valence-electron chi connectivity index (χ1n) is 6.04. The fourth-order valence-corrected chi connectivity index (χ4v) is 2.26. The van der Waals surface area contributed by atoms with Gasteiger partial charge < -0.3 is 15.2 Å². The van der Waals surface area contributed by atoms with Gasteiger partial charge in [0.15, 0.2) is 5.69 Å². The molecule has 1 aromatic rings. The minimum Gasteiger partial charge on any atom is -0.464 e. The number of nitrogens with one attached hydrogen (secondary N) is 1. The number of methoxy groups -OCH3 is 1. The van der Waals surface area contributed by atoms with Crippen LogP contribution in [-0.2, 0) is 4.74 Å². The highest BCUT2D eigenvalue weighted by Gasteiger charge is 2.26. The second-order valence-corrected chi connectivity index (χ2v) is 4.42. The first kappa shape index (κ1) is 12.8. The molecule has 2 unspecified atom stereocenters. The van der Waals surface area contributed by atoms with E-state index in [1.807, 2.05) is 0 Å². The molecule has 0 spiro atoms. The zero-order valence-electron chi connectivity index (χ0n) is 10.3. The molecule has 2 rings (SSSR count). The fourth-order valence-electron chi connectivity index (χ4n) is 2.26. The molecule has 98 valence electrons. The van der Waals surface area contributed by atoms with Gasteiger partial charge in [0, 0.05) is 18.6 Å². The van der Waals surface area contributed by atoms with Gasteiger partial charge in [-0.05, 0) is 25.0 Å². The van der Waals surface area contributed by atoms with E-state index in [4.69, 9.17) is 0 Å². The molecule has 1 heterocycles. The van der Waals surface area contributed by atoms with Gasteiger partial charge in [-0.15, -0.1) is 10.2 Å². The van der Waals surface area contributed by atoms with E-state index in [1.54, 1.807) is 12.1 Å². The van der Waals surface area contributed by atoms with Crippen LogP contribution in [0.15, 0.2) is 12.1 Å². The topological polar surface area (TPSA) is 84.3 Å². The summed E-state index contributed by atoms with van der Waals surface area (Å²) in [4.78, 5) is 11.2. The van der Waals surface area contributed by atoms with Crippen LogP contribution in [0.1, 0.15) is 29.8 Å². The van der Waals surface area contributed by atoms with E-state index >= 15 is 0 Å². The van der Waals surface area contributed by atoms with E-state index < -0.39 is 5.97 Å². The third-order valence-electron chi connectivity index (χ3n) is 3.29. The third kappa shape index (κ3) is 2.76. The van der Waals surface area contributed by atoms with Crippen LogP contribution >= 0.6 is 0 Å². The maximum absolute atomic E-state index is 11.2. The molecule has 0 bridgehead atoms. The second-order valence-electron chi connectivity index (χ2n) is 4.42. The number of aliphatic hydroxyl groups is 1. The first-order valence-corrected chi connectivity index (χ1v) is 6.04. The molecule has 0 aliphatic heterocycles. The van der Waals surface area contributed by atoms with Crippen molar-refractivity contribution in [1.29, 1.82) is 0 Å². The molecule has 0 saturated heterocycles. The van der Waals surface area contributed by atoms with E-state index in [9.17, 15) is 9.90 Å². The number of esters is 1. The Morgan fingerprint density at radius 1 is 1.50 bits per heavy atom. The van der Waals surface area contributed by atoms with Crippen LogP contribution in [0.25, 0.3) is 0 Å². The molecule has 0 amide bonds. The molecular weight excluding hydrogens is 234 g/mol. The lowest BCUT2D eigenvalue weighted by atomic mass is 10.1. The van der Waals surface area contributed by atoms with Gasteiger partial charge in [0.2, 0.25) is 0 Å². The summed E-state index contributed by atoms with van der Waals surface area (Å²) < 4.78 is 4.55. The number of hydrogen-bond acceptors (Lipinski definition) is 6. The van der Waals surface area contributed by atoms with Gasteiger partial charge in [-0.1, -0.05) is 6.42 Å². The molecule has 1 aliphatic carbocycles. The maximum Gasteiger partial charge on any atom is 0.358 e. The monoisotopic (exact) mass is 251 g/mol. The average Bonchev–Trinajstić information content (AvgIpc) is 2.86. The lowest BCUT2D eigenvalue weighted by Gasteiger charge is -2.19. The van der Waals surface area contributed by atoms with Crippen LogP contribution in [0.5, 0.6) is 0 Å². The lowest BCUT2D eigenvalue weighted by molar-refractivity contribution is 0.0593. The van der Waals surface area contributed by atoms with Gasteiger partial charge in [0.1, 0.15) is 5.82 Å². The van der Waals surface area contributed by atoms with Crippen molar-refractivity contribution < 1.29 is 14.6 Å². The van der Waals surface area contributed by atoms with Gasteiger partial charge in [-0.2, -0.15) is 0 Å². The summed E-state index contributed by atoms with van der Waals surface area (Å²) in [5.41, 5.74) is 0.188. The molecule has 1 saturated carbocycles. The summed E-state index contributed by atoms with van der Waals surface area (Å²) >= 11 is 0. The molecule has 18 heavy (non-hydrogen) atoms. The summed E-state index contributed by atoms with van der Waals surface area (Å²) in [6.07, 6.45) is 3.16. The van der Waals surface area contributed by atoms with Crippen LogP contribution in [0.4, 0.5) is 5.82 Å². The number of carbonyl (C=O) groups is 1. The van der Waals surface area contributed by atoms with Crippen LogP contribution in [0, 0.1) is 5.92 Å². The van der Waals surface area contributed by atoms with Crippen LogP contribution < -0.4 is 5.32 Å². The number of aliphatic hydroxyl groups excluding tert-OH is 1. The second kappa shape index (κ2) is 5.77. The summed E-state index contributed by atoms with van der Waals surface area (Å²) in [5, 5.41) is 20.2. The normalized spacial score (nSPS) is 22.8. The molecule has 6 nitrogen and oxygen atoms in total. The highest BCUT2D eigenvalue weighted by atomic mass is 16.5. The smallest absolute Gasteiger partial charge is 0.358 e. The van der Waals surface area contributed by atoms with Crippen LogP contribution in [0.3, 0.4) is 0 Å². The quantitative estimate of drug-likeness (QED) is 0.771. The highest BCUT2D eigenvalue weighted by Crippen LogP contribution is 2.27. The number of nitrogens with zero attached hydrogens (tertiary/aromatic N) is 2. The minimum atomic E-state index is -0.497. The maximum atomic E-state index is 11.2. The number of anilines is 1. The van der Waals surface area contributed by atoms with E-state index in [2.05, 4.69) is 20.3 Å². The number of rotatable bonds is 4. The van der Waals surface area contributed by atoms with Gasteiger partial charge in [0.05, 0.1) is 7.11 Å². The zero-order valence-corrected chi connectivity index (χ0v) is 10.3. The lowest BCUT2D eigenvalue weighted by Crippen LogP contribution is -2.27. The Morgan fingerprint density at radius 3 is 2.94 bits per heavy atom. The van der Waals surface area contributed by atoms with Crippen LogP contribution in [0.2, 0.25) is 0 Å². The molecule has 0 radical (unpaired) electrons. The molecular formula is C12H17N3O3. The summed E-state index contributed by atoms with van der Waals surface area (Å²) in [6, 6.07) is 3.50. The molecule has 6 heteroatoms. The van der Waals surface area contributed by atoms with Crippen LogP contribution in [-0.4, -0.2) is 41.0 Å². The van der Waals surface area contributed by atoms with Crippen molar-refractivity contribution in [2.75, 3.05) is 19.0 Å². The van der Waals surface area contributed by atoms with Crippen molar-refractivity contribution in [3.63, 3.8) is 0 Å². The Labute approximate surface area is 105 Å². The Bertz CT molecular complexity index is 408. The van der Waals surface area contributed by atoms with Crippen molar-refractivity contribution in [2.45, 2.75) is 25.3 Å². The fraction of sp³-hybridized carbons (Fsp3) is 0.583. The standard InChI is InChI=1S/C12H17N3O3/c1-18-12(17)10-5-6-11(15-14-10)13-9-4-2-3-8(9)7-16/h5-6,8-9,16H,2-4,7H2,1H3,(H,13,15). The number of ether oxygens (including phenoxy) is 1. The van der Waals surface area contributed by atoms with Crippen molar-refractivity contribution in [1.82, 2.24) is 10.2 Å². The number of carbonyl (C=O) groups excluding carboxylic acids is 1.